The molecule has 9 nitrogen and oxygen atoms in total. The molecule has 1 aliphatic heterocycles. The van der Waals surface area contributed by atoms with E-state index in [-0.39, 0.29) is 18.1 Å². The summed E-state index contributed by atoms with van der Waals surface area (Å²) >= 11 is 0. The largest absolute Gasteiger partial charge is 0.378 e. The van der Waals surface area contributed by atoms with Crippen molar-refractivity contribution in [1.29, 1.82) is 0 Å². The number of Topliss-reactive ketones (excluding diaryl/α,β-unsaturated/α-hetero) is 1. The highest BCUT2D eigenvalue weighted by atomic mass is 19.3. The first-order chi connectivity index (χ1) is 15.0. The minimum absolute atomic E-state index is 0.0593. The standard InChI is InChI=1S/C20H21F2N5O4/c21-18(22)19(29)25-12-16(28)14-10-23-17(24-11-14)13-27(15-4-2-1-3-5-15)20(30)26-6-8-31-9-7-26/h1-5,10-11,18H,6-9,12-13H2,(H,25,29). The molecule has 3 amide bonds. The van der Waals surface area contributed by atoms with Gasteiger partial charge in [0, 0.05) is 31.2 Å². The van der Waals surface area contributed by atoms with Crippen molar-refractivity contribution in [2.24, 2.45) is 0 Å². The molecule has 1 fully saturated rings. The fourth-order valence-electron chi connectivity index (χ4n) is 2.87. The second kappa shape index (κ2) is 10.5. The Hall–Kier alpha value is -3.47. The van der Waals surface area contributed by atoms with Gasteiger partial charge in [-0.2, -0.15) is 8.78 Å². The number of carbonyl (C=O) groups excluding carboxylic acids is 3. The fraction of sp³-hybridized carbons (Fsp3) is 0.350. The molecule has 0 bridgehead atoms. The molecule has 1 N–H and O–H groups in total. The van der Waals surface area contributed by atoms with Crippen molar-refractivity contribution in [2.45, 2.75) is 13.0 Å². The van der Waals surface area contributed by atoms with E-state index in [9.17, 15) is 23.2 Å². The Bertz CT molecular complexity index is 906. The summed E-state index contributed by atoms with van der Waals surface area (Å²) in [5.41, 5.74) is 0.724. The van der Waals surface area contributed by atoms with E-state index in [0.717, 1.165) is 0 Å². The third-order valence-electron chi connectivity index (χ3n) is 4.53. The van der Waals surface area contributed by atoms with E-state index in [2.05, 4.69) is 9.97 Å². The fourth-order valence-corrected chi connectivity index (χ4v) is 2.87. The van der Waals surface area contributed by atoms with E-state index in [1.165, 1.54) is 17.3 Å². The molecule has 1 saturated heterocycles. The number of urea groups is 1. The number of carbonyl (C=O) groups is 3. The number of rotatable bonds is 7. The summed E-state index contributed by atoms with van der Waals surface area (Å²) in [4.78, 5) is 47.4. The molecule has 1 aliphatic rings. The second-order valence-electron chi connectivity index (χ2n) is 6.63. The Balaban J connectivity index is 1.70. The molecule has 3 rings (SSSR count). The van der Waals surface area contributed by atoms with E-state index >= 15 is 0 Å². The highest BCUT2D eigenvalue weighted by molar-refractivity contribution is 5.99. The summed E-state index contributed by atoms with van der Waals surface area (Å²) in [7, 11) is 0. The van der Waals surface area contributed by atoms with Gasteiger partial charge in [-0.15, -0.1) is 0 Å². The Morgan fingerprint density at radius 3 is 2.35 bits per heavy atom. The van der Waals surface area contributed by atoms with Crippen LogP contribution in [0.2, 0.25) is 0 Å². The molecule has 31 heavy (non-hydrogen) atoms. The summed E-state index contributed by atoms with van der Waals surface area (Å²) in [6.45, 7) is 1.35. The molecule has 1 aromatic carbocycles. The van der Waals surface area contributed by atoms with Crippen molar-refractivity contribution in [1.82, 2.24) is 20.2 Å². The number of hydrogen-bond acceptors (Lipinski definition) is 6. The molecule has 11 heteroatoms. The molecule has 0 saturated carbocycles. The van der Waals surface area contributed by atoms with Gasteiger partial charge in [-0.05, 0) is 12.1 Å². The first-order valence-electron chi connectivity index (χ1n) is 9.55. The van der Waals surface area contributed by atoms with E-state index in [1.807, 2.05) is 23.5 Å². The maximum atomic E-state index is 13.1. The first-order valence-corrected chi connectivity index (χ1v) is 9.55. The Morgan fingerprint density at radius 1 is 1.10 bits per heavy atom. The number of morpholine rings is 1. The maximum absolute atomic E-state index is 13.1. The average molecular weight is 433 g/mol. The molecule has 1 aromatic heterocycles. The lowest BCUT2D eigenvalue weighted by atomic mass is 10.2. The smallest absolute Gasteiger partial charge is 0.325 e. The number of halogens is 2. The molecule has 0 spiro atoms. The van der Waals surface area contributed by atoms with Gasteiger partial charge in [0.25, 0.3) is 5.91 Å². The van der Waals surface area contributed by atoms with Crippen LogP contribution in [0.5, 0.6) is 0 Å². The van der Waals surface area contributed by atoms with Crippen molar-refractivity contribution >= 4 is 23.4 Å². The summed E-state index contributed by atoms with van der Waals surface area (Å²) in [6, 6.07) is 8.83. The molecule has 2 heterocycles. The van der Waals surface area contributed by atoms with Gasteiger partial charge in [-0.25, -0.2) is 14.8 Å². The zero-order valence-corrected chi connectivity index (χ0v) is 16.5. The lowest BCUT2D eigenvalue weighted by Crippen LogP contribution is -2.48. The number of aromatic nitrogens is 2. The number of ether oxygens (including phenoxy) is 1. The predicted octanol–water partition coefficient (Wildman–Crippen LogP) is 1.50. The van der Waals surface area contributed by atoms with Gasteiger partial charge >= 0.3 is 12.5 Å². The zero-order valence-electron chi connectivity index (χ0n) is 16.5. The van der Waals surface area contributed by atoms with Crippen LogP contribution in [-0.2, 0) is 16.1 Å². The summed E-state index contributed by atoms with van der Waals surface area (Å²) < 4.78 is 29.7. The van der Waals surface area contributed by atoms with Crippen molar-refractivity contribution in [2.75, 3.05) is 37.7 Å². The van der Waals surface area contributed by atoms with E-state index in [0.29, 0.717) is 37.8 Å². The van der Waals surface area contributed by atoms with Crippen molar-refractivity contribution in [3.8, 4) is 0 Å². The van der Waals surface area contributed by atoms with Crippen LogP contribution in [0, 0.1) is 0 Å². The van der Waals surface area contributed by atoms with Crippen molar-refractivity contribution < 1.29 is 27.9 Å². The van der Waals surface area contributed by atoms with Gasteiger partial charge < -0.3 is 15.0 Å². The topological polar surface area (TPSA) is 105 Å². The van der Waals surface area contributed by atoms with Gasteiger partial charge in [0.1, 0.15) is 5.82 Å². The van der Waals surface area contributed by atoms with Gasteiger partial charge in [-0.3, -0.25) is 14.5 Å². The van der Waals surface area contributed by atoms with Crippen LogP contribution in [0.3, 0.4) is 0 Å². The number of anilines is 1. The normalized spacial score (nSPS) is 13.7. The van der Waals surface area contributed by atoms with E-state index in [1.54, 1.807) is 17.0 Å². The lowest BCUT2D eigenvalue weighted by molar-refractivity contribution is -0.131. The van der Waals surface area contributed by atoms with Crippen molar-refractivity contribution in [3.05, 3.63) is 54.1 Å². The number of ketones is 1. The van der Waals surface area contributed by atoms with Gasteiger partial charge in [-0.1, -0.05) is 18.2 Å². The number of hydrogen-bond donors (Lipinski definition) is 1. The van der Waals surface area contributed by atoms with Crippen LogP contribution < -0.4 is 10.2 Å². The van der Waals surface area contributed by atoms with Gasteiger partial charge in [0.2, 0.25) is 0 Å². The molecule has 0 unspecified atom stereocenters. The SMILES string of the molecule is O=C(CNC(=O)C(F)F)c1cnc(CN(C(=O)N2CCOCC2)c2ccccc2)nc1. The van der Waals surface area contributed by atoms with Gasteiger partial charge in [0.05, 0.1) is 31.9 Å². The summed E-state index contributed by atoms with van der Waals surface area (Å²) in [5.74, 6) is -1.84. The highest BCUT2D eigenvalue weighted by Crippen LogP contribution is 2.18. The summed E-state index contributed by atoms with van der Waals surface area (Å²) in [5, 5.41) is 1.84. The third kappa shape index (κ3) is 6.01. The number of nitrogens with zero attached hydrogens (tertiary/aromatic N) is 4. The highest BCUT2D eigenvalue weighted by Gasteiger charge is 2.25. The Labute approximate surface area is 177 Å². The van der Waals surface area contributed by atoms with Crippen molar-refractivity contribution in [3.63, 3.8) is 0 Å². The molecule has 0 atom stereocenters. The molecule has 0 aliphatic carbocycles. The minimum atomic E-state index is -3.20. The van der Waals surface area contributed by atoms with Crippen LogP contribution >= 0.6 is 0 Å². The lowest BCUT2D eigenvalue weighted by Gasteiger charge is -2.32. The van der Waals surface area contributed by atoms with Crippen LogP contribution in [-0.4, -0.2) is 71.9 Å². The number of para-hydroxylation sites is 1. The van der Waals surface area contributed by atoms with Crippen LogP contribution in [0.1, 0.15) is 16.2 Å². The number of benzene rings is 1. The monoisotopic (exact) mass is 433 g/mol. The number of nitrogens with one attached hydrogen (secondary N) is 1. The maximum Gasteiger partial charge on any atom is 0.325 e. The zero-order chi connectivity index (χ0) is 22.2. The van der Waals surface area contributed by atoms with Crippen LogP contribution in [0.15, 0.2) is 42.7 Å². The molecule has 0 radical (unpaired) electrons. The molecule has 164 valence electrons. The molecular weight excluding hydrogens is 412 g/mol. The Morgan fingerprint density at radius 2 is 1.74 bits per heavy atom. The third-order valence-corrected chi connectivity index (χ3v) is 4.53. The van der Waals surface area contributed by atoms with Gasteiger partial charge in [0.15, 0.2) is 5.78 Å². The summed E-state index contributed by atoms with van der Waals surface area (Å²) in [6.07, 6.45) is -0.720. The number of alkyl halides is 2. The molecular formula is C20H21F2N5O4. The quantitative estimate of drug-likeness (QED) is 0.664. The predicted molar refractivity (Wildman–Crippen MR) is 106 cm³/mol. The van der Waals surface area contributed by atoms with Crippen LogP contribution in [0.25, 0.3) is 0 Å². The van der Waals surface area contributed by atoms with E-state index < -0.39 is 24.7 Å². The second-order valence-corrected chi connectivity index (χ2v) is 6.63. The minimum Gasteiger partial charge on any atom is -0.378 e. The van der Waals surface area contributed by atoms with Crippen LogP contribution in [0.4, 0.5) is 19.3 Å². The Kier molecular flexibility index (Phi) is 7.55. The van der Waals surface area contributed by atoms with E-state index in [4.69, 9.17) is 4.74 Å². The first kappa shape index (κ1) is 22.2. The molecule has 2 aromatic rings. The number of amides is 3. The average Bonchev–Trinajstić information content (AvgIpc) is 2.81.